The van der Waals surface area contributed by atoms with Gasteiger partial charge in [0.15, 0.2) is 0 Å². The van der Waals surface area contributed by atoms with Crippen LogP contribution in [-0.4, -0.2) is 18.3 Å². The minimum absolute atomic E-state index is 0.451. The Hall–Kier alpha value is -0.630. The molecule has 0 aromatic carbocycles. The molecule has 2 unspecified atom stereocenters. The van der Waals surface area contributed by atoms with E-state index in [9.17, 15) is 0 Å². The number of nitrogens with zero attached hydrogens (tertiary/aromatic N) is 1. The predicted molar refractivity (Wildman–Crippen MR) is 132 cm³/mol. The van der Waals surface area contributed by atoms with Gasteiger partial charge < -0.3 is 5.73 Å². The maximum Gasteiger partial charge on any atom is 0.0395 e. The molecule has 31 heavy (non-hydrogen) atoms. The number of fused-ring (bicyclic) bond motifs is 5. The van der Waals surface area contributed by atoms with Crippen molar-refractivity contribution >= 4 is 5.71 Å². The van der Waals surface area contributed by atoms with Crippen LogP contribution < -0.4 is 5.73 Å². The molecule has 2 nitrogen and oxygen atoms in total. The average molecular weight is 425 g/mol. The molecular weight excluding hydrogens is 376 g/mol. The van der Waals surface area contributed by atoms with Gasteiger partial charge in [-0.3, -0.25) is 4.99 Å². The van der Waals surface area contributed by atoms with E-state index in [0.717, 1.165) is 48.0 Å². The average Bonchev–Trinajstić information content (AvgIpc) is 3.32. The van der Waals surface area contributed by atoms with E-state index in [1.54, 1.807) is 5.71 Å². The maximum atomic E-state index is 6.39. The molecule has 0 saturated heterocycles. The van der Waals surface area contributed by atoms with Gasteiger partial charge >= 0.3 is 0 Å². The minimum Gasteiger partial charge on any atom is -0.328 e. The number of aliphatic imine (C=N–C) groups is 1. The molecule has 0 aromatic heterocycles. The minimum atomic E-state index is 0.451. The van der Waals surface area contributed by atoms with Crippen molar-refractivity contribution < 1.29 is 0 Å². The van der Waals surface area contributed by atoms with Crippen LogP contribution in [0, 0.1) is 52.3 Å². The van der Waals surface area contributed by atoms with Crippen LogP contribution in [0.4, 0.5) is 0 Å². The van der Waals surface area contributed by atoms with Crippen molar-refractivity contribution in [2.75, 3.05) is 6.54 Å². The van der Waals surface area contributed by atoms with Crippen LogP contribution in [0.3, 0.4) is 0 Å². The van der Waals surface area contributed by atoms with E-state index in [1.807, 2.05) is 5.57 Å². The summed E-state index contributed by atoms with van der Waals surface area (Å²) in [4.78, 5) is 5.00. The first-order valence-electron chi connectivity index (χ1n) is 13.7. The van der Waals surface area contributed by atoms with Gasteiger partial charge in [-0.1, -0.05) is 46.3 Å². The summed E-state index contributed by atoms with van der Waals surface area (Å²) in [6, 6.07) is 0.451. The zero-order valence-electron chi connectivity index (χ0n) is 21.0. The number of hydrogen-bond acceptors (Lipinski definition) is 2. The molecule has 0 radical (unpaired) electrons. The third-order valence-electron chi connectivity index (χ3n) is 11.4. The summed E-state index contributed by atoms with van der Waals surface area (Å²) in [6.07, 6.45) is 16.2. The molecule has 5 rings (SSSR count). The Morgan fingerprint density at radius 3 is 2.52 bits per heavy atom. The predicted octanol–water partition coefficient (Wildman–Crippen LogP) is 7.04. The summed E-state index contributed by atoms with van der Waals surface area (Å²) in [5.74, 6) is 5.68. The number of hydrogen-bond donors (Lipinski definition) is 1. The van der Waals surface area contributed by atoms with Crippen molar-refractivity contribution in [3.63, 3.8) is 0 Å². The first kappa shape index (κ1) is 22.2. The monoisotopic (exact) mass is 424 g/mol. The third kappa shape index (κ3) is 3.49. The van der Waals surface area contributed by atoms with Crippen molar-refractivity contribution in [3.8, 4) is 0 Å². The van der Waals surface area contributed by atoms with Gasteiger partial charge in [0.2, 0.25) is 0 Å². The molecule has 5 aliphatic rings. The van der Waals surface area contributed by atoms with E-state index < -0.39 is 0 Å². The van der Waals surface area contributed by atoms with E-state index in [2.05, 4.69) is 40.7 Å². The molecule has 3 fully saturated rings. The van der Waals surface area contributed by atoms with Crippen LogP contribution in [-0.2, 0) is 0 Å². The fraction of sp³-hybridized carbons (Fsp3) is 0.897. The Morgan fingerprint density at radius 2 is 1.74 bits per heavy atom. The van der Waals surface area contributed by atoms with Crippen molar-refractivity contribution in [2.45, 2.75) is 105 Å². The van der Waals surface area contributed by atoms with Crippen molar-refractivity contribution in [2.24, 2.45) is 63.0 Å². The van der Waals surface area contributed by atoms with Gasteiger partial charge in [0.1, 0.15) is 0 Å². The van der Waals surface area contributed by atoms with Crippen LogP contribution in [0.5, 0.6) is 0 Å². The first-order chi connectivity index (χ1) is 14.7. The van der Waals surface area contributed by atoms with Gasteiger partial charge in [-0.05, 0) is 111 Å². The Morgan fingerprint density at radius 1 is 1.00 bits per heavy atom. The highest BCUT2D eigenvalue weighted by Gasteiger charge is 2.58. The zero-order chi connectivity index (χ0) is 22.0. The van der Waals surface area contributed by atoms with Crippen LogP contribution in [0.15, 0.2) is 16.6 Å². The molecule has 1 aliphatic heterocycles. The Labute approximate surface area is 191 Å². The second-order valence-electron chi connectivity index (χ2n) is 13.2. The summed E-state index contributed by atoms with van der Waals surface area (Å²) in [7, 11) is 0. The third-order valence-corrected chi connectivity index (χ3v) is 11.4. The maximum absolute atomic E-state index is 6.39. The zero-order valence-corrected chi connectivity index (χ0v) is 21.0. The van der Waals surface area contributed by atoms with E-state index in [4.69, 9.17) is 10.7 Å². The highest BCUT2D eigenvalue weighted by molar-refractivity contribution is 5.88. The number of nitrogens with two attached hydrogens (primary N) is 1. The molecule has 0 aromatic rings. The SMILES string of the molecule is CC(C)C1CCN=C1C[C@@H](C)[C@H]1CC[C@H]2C3=CCC4C[C@H](N)CC[C@]4(C)[C@H]3CC[C@]12C. The summed E-state index contributed by atoms with van der Waals surface area (Å²) >= 11 is 0. The second-order valence-corrected chi connectivity index (χ2v) is 13.2. The van der Waals surface area contributed by atoms with Crippen molar-refractivity contribution in [1.82, 2.24) is 0 Å². The van der Waals surface area contributed by atoms with E-state index in [1.165, 1.54) is 64.2 Å². The van der Waals surface area contributed by atoms with Gasteiger partial charge in [-0.15, -0.1) is 0 Å². The summed E-state index contributed by atoms with van der Waals surface area (Å²) in [5, 5.41) is 0. The molecule has 174 valence electrons. The fourth-order valence-electron chi connectivity index (χ4n) is 9.56. The summed E-state index contributed by atoms with van der Waals surface area (Å²) < 4.78 is 0. The molecule has 4 aliphatic carbocycles. The van der Waals surface area contributed by atoms with Crippen LogP contribution >= 0.6 is 0 Å². The van der Waals surface area contributed by atoms with E-state index in [-0.39, 0.29) is 0 Å². The number of rotatable bonds is 4. The molecule has 0 spiro atoms. The Balaban J connectivity index is 1.34. The molecule has 0 bridgehead atoms. The molecule has 3 saturated carbocycles. The largest absolute Gasteiger partial charge is 0.328 e. The standard InChI is InChI=1S/C29H48N2/c1-18(2)22-12-15-31-27(22)16-19(3)24-8-9-25-23-7-6-20-17-21(30)10-13-28(20,4)26(23)11-14-29(24,25)5/h7,18-22,24-26H,6,8-17,30H2,1-5H3/t19-,20?,21-,22?,24-,25+,26+,28+,29-/m1/s1. The van der Waals surface area contributed by atoms with Gasteiger partial charge in [0.05, 0.1) is 0 Å². The summed E-state index contributed by atoms with van der Waals surface area (Å²) in [6.45, 7) is 13.8. The van der Waals surface area contributed by atoms with Gasteiger partial charge in [0.25, 0.3) is 0 Å². The van der Waals surface area contributed by atoms with Gasteiger partial charge in [-0.2, -0.15) is 0 Å². The molecule has 2 N–H and O–H groups in total. The molecule has 9 atom stereocenters. The van der Waals surface area contributed by atoms with Crippen LogP contribution in [0.1, 0.15) is 98.8 Å². The lowest BCUT2D eigenvalue weighted by molar-refractivity contribution is -0.0110. The highest BCUT2D eigenvalue weighted by atomic mass is 14.8. The normalized spacial score (nSPS) is 48.0. The lowest BCUT2D eigenvalue weighted by Gasteiger charge is -2.58. The number of allylic oxidation sites excluding steroid dienone is 2. The van der Waals surface area contributed by atoms with Gasteiger partial charge in [0, 0.05) is 24.2 Å². The smallest absolute Gasteiger partial charge is 0.0395 e. The molecular formula is C29H48N2. The van der Waals surface area contributed by atoms with E-state index in [0.29, 0.717) is 16.9 Å². The lowest BCUT2D eigenvalue weighted by atomic mass is 9.47. The quantitative estimate of drug-likeness (QED) is 0.483. The second kappa shape index (κ2) is 8.00. The lowest BCUT2D eigenvalue weighted by Crippen LogP contribution is -2.50. The highest BCUT2D eigenvalue weighted by Crippen LogP contribution is 2.66. The van der Waals surface area contributed by atoms with E-state index >= 15 is 0 Å². The molecule has 1 heterocycles. The first-order valence-corrected chi connectivity index (χ1v) is 13.7. The van der Waals surface area contributed by atoms with Gasteiger partial charge in [-0.25, -0.2) is 0 Å². The Bertz CT molecular complexity index is 750. The topological polar surface area (TPSA) is 38.4 Å². The summed E-state index contributed by atoms with van der Waals surface area (Å²) in [5.41, 5.74) is 10.9. The molecule has 2 heteroatoms. The molecule has 0 amide bonds. The van der Waals surface area contributed by atoms with Crippen LogP contribution in [0.25, 0.3) is 0 Å². The van der Waals surface area contributed by atoms with Crippen LogP contribution in [0.2, 0.25) is 0 Å². The van der Waals surface area contributed by atoms with Crippen molar-refractivity contribution in [1.29, 1.82) is 0 Å². The van der Waals surface area contributed by atoms with Crippen molar-refractivity contribution in [3.05, 3.63) is 11.6 Å². The fourth-order valence-corrected chi connectivity index (χ4v) is 9.56. The Kier molecular flexibility index (Phi) is 5.72.